The molecule has 2 N–H and O–H groups in total. The minimum absolute atomic E-state index is 0.00200. The van der Waals surface area contributed by atoms with Crippen molar-refractivity contribution in [3.63, 3.8) is 0 Å². The van der Waals surface area contributed by atoms with Gasteiger partial charge in [-0.25, -0.2) is 4.39 Å². The minimum atomic E-state index is -0.568. The molecule has 0 aromatic heterocycles. The number of carbonyl (C=O) groups is 2. The van der Waals surface area contributed by atoms with Crippen LogP contribution in [0.25, 0.3) is 0 Å². The number of nitrogens with one attached hydrogen (secondary N) is 2. The molecule has 0 bridgehead atoms. The molecule has 120 valence electrons. The number of ether oxygens (including phenoxy) is 1. The summed E-state index contributed by atoms with van der Waals surface area (Å²) in [6.07, 6.45) is 0.326. The van der Waals surface area contributed by atoms with E-state index < -0.39 is 24.0 Å². The highest BCUT2D eigenvalue weighted by atomic mass is 19.1. The zero-order valence-electron chi connectivity index (χ0n) is 12.9. The summed E-state index contributed by atoms with van der Waals surface area (Å²) in [5, 5.41) is 5.94. The van der Waals surface area contributed by atoms with Gasteiger partial charge >= 0.3 is 5.97 Å². The fourth-order valence-corrected chi connectivity index (χ4v) is 2.78. The van der Waals surface area contributed by atoms with Gasteiger partial charge in [0.2, 0.25) is 5.91 Å². The van der Waals surface area contributed by atoms with Crippen molar-refractivity contribution in [1.29, 1.82) is 0 Å². The van der Waals surface area contributed by atoms with Gasteiger partial charge in [0.05, 0.1) is 13.0 Å². The summed E-state index contributed by atoms with van der Waals surface area (Å²) >= 11 is 0. The second-order valence-corrected chi connectivity index (χ2v) is 5.78. The van der Waals surface area contributed by atoms with Crippen LogP contribution in [-0.4, -0.2) is 31.1 Å². The molecule has 1 heterocycles. The Morgan fingerprint density at radius 2 is 2.14 bits per heavy atom. The van der Waals surface area contributed by atoms with E-state index in [1.807, 2.05) is 13.8 Å². The highest BCUT2D eigenvalue weighted by Gasteiger charge is 2.42. The lowest BCUT2D eigenvalue weighted by molar-refractivity contribution is -0.142. The maximum atomic E-state index is 13.5. The van der Waals surface area contributed by atoms with Gasteiger partial charge in [-0.15, -0.1) is 0 Å². The molecule has 1 aromatic rings. The van der Waals surface area contributed by atoms with Crippen LogP contribution < -0.4 is 10.6 Å². The predicted molar refractivity (Wildman–Crippen MR) is 79.5 cm³/mol. The Morgan fingerprint density at radius 3 is 2.73 bits per heavy atom. The summed E-state index contributed by atoms with van der Waals surface area (Å²) in [5.41, 5.74) is 0.648. The lowest BCUT2D eigenvalue weighted by Crippen LogP contribution is -2.37. The van der Waals surface area contributed by atoms with Crippen molar-refractivity contribution in [2.45, 2.75) is 38.4 Å². The summed E-state index contributed by atoms with van der Waals surface area (Å²) in [6.45, 7) is 3.74. The van der Waals surface area contributed by atoms with Gasteiger partial charge in [0, 0.05) is 12.1 Å². The van der Waals surface area contributed by atoms with Crippen LogP contribution in [0.15, 0.2) is 24.3 Å². The van der Waals surface area contributed by atoms with Crippen LogP contribution in [0.3, 0.4) is 0 Å². The molecule has 1 amide bonds. The summed E-state index contributed by atoms with van der Waals surface area (Å²) in [5.74, 6) is -1.39. The standard InChI is InChI=1S/C16H21FN2O3/c1-9(2)18-15(20)12-8-13(16(21)22-3)19-14(12)10-5-4-6-11(17)7-10/h4-7,9,12-14,19H,8H2,1-3H3,(H,18,20)/t12-,13-,14-/m0/s1. The number of methoxy groups -OCH3 is 1. The van der Waals surface area contributed by atoms with E-state index >= 15 is 0 Å². The van der Waals surface area contributed by atoms with Gasteiger partial charge < -0.3 is 10.1 Å². The molecule has 0 saturated carbocycles. The van der Waals surface area contributed by atoms with E-state index in [9.17, 15) is 14.0 Å². The smallest absolute Gasteiger partial charge is 0.322 e. The zero-order valence-corrected chi connectivity index (χ0v) is 12.9. The van der Waals surface area contributed by atoms with Gasteiger partial charge in [0.15, 0.2) is 0 Å². The van der Waals surface area contributed by atoms with Crippen LogP contribution in [0.2, 0.25) is 0 Å². The average molecular weight is 308 g/mol. The van der Waals surface area contributed by atoms with Crippen LogP contribution in [0, 0.1) is 11.7 Å². The Morgan fingerprint density at radius 1 is 1.41 bits per heavy atom. The minimum Gasteiger partial charge on any atom is -0.468 e. The second kappa shape index (κ2) is 6.87. The molecule has 22 heavy (non-hydrogen) atoms. The van der Waals surface area contributed by atoms with Crippen LogP contribution in [0.4, 0.5) is 4.39 Å². The largest absolute Gasteiger partial charge is 0.468 e. The number of hydrogen-bond donors (Lipinski definition) is 2. The first kappa shape index (κ1) is 16.4. The van der Waals surface area contributed by atoms with Crippen LogP contribution >= 0.6 is 0 Å². The van der Waals surface area contributed by atoms with Gasteiger partial charge in [-0.2, -0.15) is 0 Å². The maximum absolute atomic E-state index is 13.5. The number of esters is 1. The lowest BCUT2D eigenvalue weighted by Gasteiger charge is -2.20. The predicted octanol–water partition coefficient (Wildman–Crippen LogP) is 1.54. The summed E-state index contributed by atoms with van der Waals surface area (Å²) in [7, 11) is 1.31. The number of amides is 1. The molecule has 6 heteroatoms. The quantitative estimate of drug-likeness (QED) is 0.828. The molecule has 1 fully saturated rings. The summed E-state index contributed by atoms with van der Waals surface area (Å²) in [4.78, 5) is 24.1. The van der Waals surface area contributed by atoms with Crippen molar-refractivity contribution in [2.75, 3.05) is 7.11 Å². The van der Waals surface area contributed by atoms with Crippen LogP contribution in [-0.2, 0) is 14.3 Å². The molecule has 0 aliphatic carbocycles. The molecule has 0 radical (unpaired) electrons. The molecule has 0 unspecified atom stereocenters. The first-order valence-electron chi connectivity index (χ1n) is 7.32. The number of carbonyl (C=O) groups excluding carboxylic acids is 2. The Balaban J connectivity index is 2.26. The number of halogens is 1. The van der Waals surface area contributed by atoms with Crippen LogP contribution in [0.5, 0.6) is 0 Å². The first-order chi connectivity index (χ1) is 10.4. The fourth-order valence-electron chi connectivity index (χ4n) is 2.78. The summed E-state index contributed by atoms with van der Waals surface area (Å²) < 4.78 is 18.2. The molecular weight excluding hydrogens is 287 g/mol. The van der Waals surface area contributed by atoms with E-state index in [4.69, 9.17) is 4.74 Å². The zero-order chi connectivity index (χ0) is 16.3. The highest BCUT2D eigenvalue weighted by Crippen LogP contribution is 2.33. The normalized spacial score (nSPS) is 24.3. The third-order valence-electron chi connectivity index (χ3n) is 3.73. The Hall–Kier alpha value is -1.95. The molecule has 1 aromatic carbocycles. The Bertz CT molecular complexity index is 562. The topological polar surface area (TPSA) is 67.4 Å². The van der Waals surface area contributed by atoms with Gasteiger partial charge in [-0.3, -0.25) is 14.9 Å². The fraction of sp³-hybridized carbons (Fsp3) is 0.500. The number of benzene rings is 1. The van der Waals surface area contributed by atoms with Crippen molar-refractivity contribution in [3.05, 3.63) is 35.6 Å². The van der Waals surface area contributed by atoms with Gasteiger partial charge in [0.25, 0.3) is 0 Å². The van der Waals surface area contributed by atoms with Gasteiger partial charge in [-0.05, 0) is 38.0 Å². The van der Waals surface area contributed by atoms with E-state index in [-0.39, 0.29) is 17.8 Å². The van der Waals surface area contributed by atoms with E-state index in [1.165, 1.54) is 19.2 Å². The molecular formula is C16H21FN2O3. The second-order valence-electron chi connectivity index (χ2n) is 5.78. The van der Waals surface area contributed by atoms with Crippen molar-refractivity contribution < 1.29 is 18.7 Å². The third-order valence-corrected chi connectivity index (χ3v) is 3.73. The lowest BCUT2D eigenvalue weighted by atomic mass is 9.92. The maximum Gasteiger partial charge on any atom is 0.322 e. The van der Waals surface area contributed by atoms with E-state index in [1.54, 1.807) is 12.1 Å². The van der Waals surface area contributed by atoms with Crippen molar-refractivity contribution in [2.24, 2.45) is 5.92 Å². The third kappa shape index (κ3) is 3.62. The molecule has 5 nitrogen and oxygen atoms in total. The summed E-state index contributed by atoms with van der Waals surface area (Å²) in [6, 6.07) is 5.08. The van der Waals surface area contributed by atoms with Gasteiger partial charge in [-0.1, -0.05) is 12.1 Å². The molecule has 1 saturated heterocycles. The highest BCUT2D eigenvalue weighted by molar-refractivity contribution is 5.83. The Kier molecular flexibility index (Phi) is 5.13. The van der Waals surface area contributed by atoms with E-state index in [2.05, 4.69) is 10.6 Å². The monoisotopic (exact) mass is 308 g/mol. The van der Waals surface area contributed by atoms with Crippen LogP contribution in [0.1, 0.15) is 31.9 Å². The molecule has 0 spiro atoms. The Labute approximate surface area is 129 Å². The van der Waals surface area contributed by atoms with Gasteiger partial charge in [0.1, 0.15) is 11.9 Å². The van der Waals surface area contributed by atoms with Crippen molar-refractivity contribution in [1.82, 2.24) is 10.6 Å². The molecule has 2 rings (SSSR count). The molecule has 1 aliphatic heterocycles. The first-order valence-corrected chi connectivity index (χ1v) is 7.32. The average Bonchev–Trinajstić information content (AvgIpc) is 2.91. The van der Waals surface area contributed by atoms with E-state index in [0.29, 0.717) is 12.0 Å². The molecule has 3 atom stereocenters. The number of hydrogen-bond acceptors (Lipinski definition) is 4. The van der Waals surface area contributed by atoms with Crippen molar-refractivity contribution in [3.8, 4) is 0 Å². The van der Waals surface area contributed by atoms with Crippen molar-refractivity contribution >= 4 is 11.9 Å². The SMILES string of the molecule is COC(=O)[C@@H]1C[C@H](C(=O)NC(C)C)[C@H](c2cccc(F)c2)N1. The number of rotatable bonds is 4. The van der Waals surface area contributed by atoms with E-state index in [0.717, 1.165) is 0 Å². The molecule has 1 aliphatic rings.